The van der Waals surface area contributed by atoms with Crippen LogP contribution in [0, 0.1) is 0 Å². The van der Waals surface area contributed by atoms with Gasteiger partial charge < -0.3 is 9.84 Å². The van der Waals surface area contributed by atoms with Gasteiger partial charge in [-0.1, -0.05) is 6.07 Å². The first-order chi connectivity index (χ1) is 7.95. The maximum Gasteiger partial charge on any atom is 0.321 e. The Balaban J connectivity index is 2.87. The number of methoxy groups -OCH3 is 1. The number of carboxylic acids is 1. The van der Waals surface area contributed by atoms with Crippen molar-refractivity contribution in [2.45, 2.75) is 12.5 Å². The molecule has 0 aliphatic carbocycles. The van der Waals surface area contributed by atoms with Crippen molar-refractivity contribution in [2.24, 2.45) is 0 Å². The van der Waals surface area contributed by atoms with Gasteiger partial charge >= 0.3 is 5.97 Å². The molecule has 0 heterocycles. The van der Waals surface area contributed by atoms with E-state index >= 15 is 0 Å². The van der Waals surface area contributed by atoms with Crippen LogP contribution in [0.3, 0.4) is 0 Å². The number of rotatable bonds is 5. The van der Waals surface area contributed by atoms with E-state index in [-0.39, 0.29) is 0 Å². The van der Waals surface area contributed by atoms with Gasteiger partial charge in [0.15, 0.2) is 0 Å². The standard InChI is InChI=1S/C12H16BrNO3/c1-14(2)10(12(15)16)7-8-4-5-11(17-3)9(13)6-8/h4-6,10H,7H2,1-3H3,(H,15,16)/t10-/m0/s1. The Morgan fingerprint density at radius 1 is 1.53 bits per heavy atom. The maximum atomic E-state index is 11.1. The Morgan fingerprint density at radius 3 is 2.59 bits per heavy atom. The molecule has 0 aliphatic rings. The molecule has 0 amide bonds. The van der Waals surface area contributed by atoms with Crippen molar-refractivity contribution in [3.8, 4) is 5.75 Å². The highest BCUT2D eigenvalue weighted by molar-refractivity contribution is 9.10. The molecule has 0 saturated carbocycles. The summed E-state index contributed by atoms with van der Waals surface area (Å²) in [6.07, 6.45) is 0.463. The summed E-state index contributed by atoms with van der Waals surface area (Å²) < 4.78 is 5.96. The first-order valence-electron chi connectivity index (χ1n) is 5.17. The number of ether oxygens (including phenoxy) is 1. The van der Waals surface area contributed by atoms with E-state index < -0.39 is 12.0 Å². The lowest BCUT2D eigenvalue weighted by atomic mass is 10.1. The quantitative estimate of drug-likeness (QED) is 0.904. The molecule has 1 aromatic rings. The van der Waals surface area contributed by atoms with Gasteiger partial charge in [-0.25, -0.2) is 0 Å². The first-order valence-corrected chi connectivity index (χ1v) is 5.96. The van der Waals surface area contributed by atoms with E-state index in [2.05, 4.69) is 15.9 Å². The van der Waals surface area contributed by atoms with E-state index in [0.29, 0.717) is 6.42 Å². The van der Waals surface area contributed by atoms with Crippen LogP contribution in [0.15, 0.2) is 22.7 Å². The lowest BCUT2D eigenvalue weighted by molar-refractivity contribution is -0.142. The van der Waals surface area contributed by atoms with Crippen LogP contribution in [0.2, 0.25) is 0 Å². The molecule has 0 bridgehead atoms. The van der Waals surface area contributed by atoms with Crippen LogP contribution >= 0.6 is 15.9 Å². The van der Waals surface area contributed by atoms with E-state index in [1.807, 2.05) is 18.2 Å². The summed E-state index contributed by atoms with van der Waals surface area (Å²) in [5, 5.41) is 9.10. The van der Waals surface area contributed by atoms with E-state index in [4.69, 9.17) is 9.84 Å². The molecule has 1 aromatic carbocycles. The Hall–Kier alpha value is -1.07. The monoisotopic (exact) mass is 301 g/mol. The molecule has 1 N–H and O–H groups in total. The van der Waals surface area contributed by atoms with Crippen LogP contribution < -0.4 is 4.74 Å². The number of carbonyl (C=O) groups is 1. The second-order valence-corrected chi connectivity index (χ2v) is 4.85. The van der Waals surface area contributed by atoms with Crippen molar-refractivity contribution >= 4 is 21.9 Å². The van der Waals surface area contributed by atoms with Crippen molar-refractivity contribution in [3.63, 3.8) is 0 Å². The molecule has 0 aromatic heterocycles. The third-order valence-corrected chi connectivity index (χ3v) is 3.17. The van der Waals surface area contributed by atoms with Gasteiger partial charge in [0.25, 0.3) is 0 Å². The second-order valence-electron chi connectivity index (χ2n) is 3.99. The molecular formula is C12H16BrNO3. The third-order valence-electron chi connectivity index (χ3n) is 2.55. The summed E-state index contributed by atoms with van der Waals surface area (Å²) in [5.74, 6) is -0.0765. The summed E-state index contributed by atoms with van der Waals surface area (Å²) in [6.45, 7) is 0. The SMILES string of the molecule is COc1ccc(C[C@@H](C(=O)O)N(C)C)cc1Br. The molecule has 0 saturated heterocycles. The molecule has 0 radical (unpaired) electrons. The third kappa shape index (κ3) is 3.71. The zero-order valence-corrected chi connectivity index (χ0v) is 11.7. The fourth-order valence-electron chi connectivity index (χ4n) is 1.55. The minimum Gasteiger partial charge on any atom is -0.496 e. The Labute approximate surface area is 109 Å². The Bertz CT molecular complexity index is 407. The van der Waals surface area contributed by atoms with Gasteiger partial charge in [-0.3, -0.25) is 9.69 Å². The van der Waals surface area contributed by atoms with Crippen molar-refractivity contribution < 1.29 is 14.6 Å². The first kappa shape index (κ1) is 14.0. The number of carboxylic acid groups (broad SMARTS) is 1. The molecule has 0 aliphatic heterocycles. The van der Waals surface area contributed by atoms with Gasteiger partial charge in [0.2, 0.25) is 0 Å². The minimum atomic E-state index is -0.818. The molecule has 1 rings (SSSR count). The van der Waals surface area contributed by atoms with E-state index in [0.717, 1.165) is 15.8 Å². The van der Waals surface area contributed by atoms with Gasteiger partial charge in [-0.2, -0.15) is 0 Å². The highest BCUT2D eigenvalue weighted by atomic mass is 79.9. The van der Waals surface area contributed by atoms with Gasteiger partial charge in [0.05, 0.1) is 11.6 Å². The zero-order chi connectivity index (χ0) is 13.0. The van der Waals surface area contributed by atoms with Gasteiger partial charge in [-0.05, 0) is 54.1 Å². The topological polar surface area (TPSA) is 49.8 Å². The molecule has 0 unspecified atom stereocenters. The minimum absolute atomic E-state index is 0.463. The Kier molecular flexibility index (Phi) is 4.96. The predicted octanol–water partition coefficient (Wildman–Crippen LogP) is 2.01. The smallest absolute Gasteiger partial charge is 0.321 e. The molecule has 1 atom stereocenters. The number of hydrogen-bond donors (Lipinski definition) is 1. The average molecular weight is 302 g/mol. The average Bonchev–Trinajstić information content (AvgIpc) is 2.25. The van der Waals surface area contributed by atoms with Crippen LogP contribution in [-0.4, -0.2) is 43.2 Å². The molecule has 0 spiro atoms. The molecular weight excluding hydrogens is 286 g/mol. The van der Waals surface area contributed by atoms with Crippen LogP contribution in [0.1, 0.15) is 5.56 Å². The summed E-state index contributed by atoms with van der Waals surface area (Å²) in [5.41, 5.74) is 0.957. The zero-order valence-electron chi connectivity index (χ0n) is 10.1. The fraction of sp³-hybridized carbons (Fsp3) is 0.417. The van der Waals surface area contributed by atoms with Crippen molar-refractivity contribution in [2.75, 3.05) is 21.2 Å². The summed E-state index contributed by atoms with van der Waals surface area (Å²) >= 11 is 3.39. The fourth-order valence-corrected chi connectivity index (χ4v) is 2.14. The highest BCUT2D eigenvalue weighted by Gasteiger charge is 2.20. The van der Waals surface area contributed by atoms with Gasteiger partial charge in [0.1, 0.15) is 11.8 Å². The van der Waals surface area contributed by atoms with Crippen molar-refractivity contribution in [3.05, 3.63) is 28.2 Å². The largest absolute Gasteiger partial charge is 0.496 e. The van der Waals surface area contributed by atoms with E-state index in [9.17, 15) is 4.79 Å². The second kappa shape index (κ2) is 6.02. The maximum absolute atomic E-state index is 11.1. The summed E-state index contributed by atoms with van der Waals surface area (Å²) in [7, 11) is 5.12. The number of nitrogens with zero attached hydrogens (tertiary/aromatic N) is 1. The lowest BCUT2D eigenvalue weighted by Crippen LogP contribution is -2.37. The summed E-state index contributed by atoms with van der Waals surface area (Å²) in [6, 6.07) is 5.07. The highest BCUT2D eigenvalue weighted by Crippen LogP contribution is 2.26. The molecule has 17 heavy (non-hydrogen) atoms. The normalized spacial score (nSPS) is 12.5. The van der Waals surface area contributed by atoms with Crippen molar-refractivity contribution in [1.82, 2.24) is 4.90 Å². The summed E-state index contributed by atoms with van der Waals surface area (Å²) in [4.78, 5) is 12.8. The molecule has 0 fully saturated rings. The number of hydrogen-bond acceptors (Lipinski definition) is 3. The number of benzene rings is 1. The van der Waals surface area contributed by atoms with Crippen LogP contribution in [-0.2, 0) is 11.2 Å². The van der Waals surface area contributed by atoms with E-state index in [1.165, 1.54) is 0 Å². The van der Waals surface area contributed by atoms with Gasteiger partial charge in [0, 0.05) is 0 Å². The molecule has 94 valence electrons. The van der Waals surface area contributed by atoms with Crippen LogP contribution in [0.25, 0.3) is 0 Å². The van der Waals surface area contributed by atoms with Crippen molar-refractivity contribution in [1.29, 1.82) is 0 Å². The number of likely N-dealkylation sites (N-methyl/N-ethyl adjacent to an activating group) is 1. The number of aliphatic carboxylic acids is 1. The van der Waals surface area contributed by atoms with Crippen LogP contribution in [0.4, 0.5) is 0 Å². The lowest BCUT2D eigenvalue weighted by Gasteiger charge is -2.20. The van der Waals surface area contributed by atoms with Crippen LogP contribution in [0.5, 0.6) is 5.75 Å². The van der Waals surface area contributed by atoms with Gasteiger partial charge in [-0.15, -0.1) is 0 Å². The Morgan fingerprint density at radius 2 is 2.18 bits per heavy atom. The van der Waals surface area contributed by atoms with E-state index in [1.54, 1.807) is 26.1 Å². The molecule has 4 nitrogen and oxygen atoms in total. The molecule has 5 heteroatoms. The number of halogens is 1. The predicted molar refractivity (Wildman–Crippen MR) is 69.5 cm³/mol.